The van der Waals surface area contributed by atoms with Gasteiger partial charge in [0, 0.05) is 21.4 Å². The summed E-state index contributed by atoms with van der Waals surface area (Å²) in [5, 5.41) is 1.35. The molecule has 0 unspecified atom stereocenters. The van der Waals surface area contributed by atoms with Crippen LogP contribution in [0.4, 0.5) is 5.69 Å². The molecule has 0 saturated heterocycles. The standard InChI is InChI=1S/C14H13Cl2NOS/c15-10-2-1-3-12(8-10)18-6-7-19-14-5-4-11(17)9-13(14)16/h1-5,8-9H,6-7,17H2. The Kier molecular flexibility index (Phi) is 5.25. The Morgan fingerprint density at radius 3 is 2.68 bits per heavy atom. The smallest absolute Gasteiger partial charge is 0.120 e. The molecule has 0 spiro atoms. The van der Waals surface area contributed by atoms with Crippen LogP contribution in [-0.4, -0.2) is 12.4 Å². The highest BCUT2D eigenvalue weighted by atomic mass is 35.5. The lowest BCUT2D eigenvalue weighted by molar-refractivity contribution is 0.344. The molecule has 2 aromatic carbocycles. The van der Waals surface area contributed by atoms with E-state index in [4.69, 9.17) is 33.7 Å². The summed E-state index contributed by atoms with van der Waals surface area (Å²) in [5.74, 6) is 1.58. The van der Waals surface area contributed by atoms with E-state index in [-0.39, 0.29) is 0 Å². The molecule has 0 atom stereocenters. The van der Waals surface area contributed by atoms with Gasteiger partial charge in [0.25, 0.3) is 0 Å². The van der Waals surface area contributed by atoms with Crippen molar-refractivity contribution in [3.05, 3.63) is 52.5 Å². The molecular formula is C14H13Cl2NOS. The minimum Gasteiger partial charge on any atom is -0.493 e. The summed E-state index contributed by atoms with van der Waals surface area (Å²) in [6.07, 6.45) is 0. The Bertz CT molecular complexity index is 563. The molecule has 0 aliphatic carbocycles. The van der Waals surface area contributed by atoms with Crippen LogP contribution in [0.1, 0.15) is 0 Å². The first-order valence-corrected chi connectivity index (χ1v) is 7.45. The first kappa shape index (κ1) is 14.4. The summed E-state index contributed by atoms with van der Waals surface area (Å²) >= 11 is 13.6. The van der Waals surface area contributed by atoms with Crippen LogP contribution in [0, 0.1) is 0 Å². The molecule has 2 rings (SSSR count). The summed E-state index contributed by atoms with van der Waals surface area (Å²) in [6.45, 7) is 0.589. The normalized spacial score (nSPS) is 10.4. The molecule has 0 aromatic heterocycles. The van der Waals surface area contributed by atoms with Gasteiger partial charge in [-0.1, -0.05) is 29.3 Å². The van der Waals surface area contributed by atoms with E-state index in [2.05, 4.69) is 0 Å². The number of rotatable bonds is 5. The van der Waals surface area contributed by atoms with Crippen LogP contribution in [0.3, 0.4) is 0 Å². The van der Waals surface area contributed by atoms with Crippen molar-refractivity contribution in [2.24, 2.45) is 0 Å². The highest BCUT2D eigenvalue weighted by Crippen LogP contribution is 2.28. The van der Waals surface area contributed by atoms with Gasteiger partial charge in [-0.25, -0.2) is 0 Å². The van der Waals surface area contributed by atoms with Crippen molar-refractivity contribution >= 4 is 40.7 Å². The zero-order valence-electron chi connectivity index (χ0n) is 10.1. The van der Waals surface area contributed by atoms with Crippen LogP contribution in [-0.2, 0) is 0 Å². The van der Waals surface area contributed by atoms with Crippen molar-refractivity contribution in [1.29, 1.82) is 0 Å². The van der Waals surface area contributed by atoms with E-state index in [9.17, 15) is 0 Å². The lowest BCUT2D eigenvalue weighted by atomic mass is 10.3. The number of nitrogen functional groups attached to an aromatic ring is 1. The van der Waals surface area contributed by atoms with Crippen molar-refractivity contribution in [2.75, 3.05) is 18.1 Å². The van der Waals surface area contributed by atoms with Crippen LogP contribution in [0.2, 0.25) is 10.0 Å². The maximum Gasteiger partial charge on any atom is 0.120 e. The van der Waals surface area contributed by atoms with Gasteiger partial charge >= 0.3 is 0 Å². The van der Waals surface area contributed by atoms with Gasteiger partial charge in [0.2, 0.25) is 0 Å². The maximum absolute atomic E-state index is 6.09. The van der Waals surface area contributed by atoms with E-state index in [0.717, 1.165) is 16.4 Å². The third-order valence-corrected chi connectivity index (χ3v) is 4.06. The second kappa shape index (κ2) is 6.94. The molecule has 0 fully saturated rings. The molecule has 0 aliphatic rings. The van der Waals surface area contributed by atoms with Crippen molar-refractivity contribution in [2.45, 2.75) is 4.90 Å². The monoisotopic (exact) mass is 313 g/mol. The summed E-state index contributed by atoms with van der Waals surface area (Å²) in [6, 6.07) is 12.9. The Hall–Kier alpha value is -1.03. The topological polar surface area (TPSA) is 35.2 Å². The lowest BCUT2D eigenvalue weighted by Crippen LogP contribution is -2.00. The lowest BCUT2D eigenvalue weighted by Gasteiger charge is -2.07. The zero-order chi connectivity index (χ0) is 13.7. The van der Waals surface area contributed by atoms with Crippen molar-refractivity contribution in [1.82, 2.24) is 0 Å². The Morgan fingerprint density at radius 2 is 1.95 bits per heavy atom. The van der Waals surface area contributed by atoms with Crippen molar-refractivity contribution in [3.63, 3.8) is 0 Å². The third kappa shape index (κ3) is 4.53. The van der Waals surface area contributed by atoms with E-state index in [0.29, 0.717) is 22.3 Å². The SMILES string of the molecule is Nc1ccc(SCCOc2cccc(Cl)c2)c(Cl)c1. The highest BCUT2D eigenvalue weighted by molar-refractivity contribution is 7.99. The third-order valence-electron chi connectivity index (χ3n) is 2.36. The number of anilines is 1. The molecule has 0 amide bonds. The first-order valence-electron chi connectivity index (χ1n) is 5.71. The summed E-state index contributed by atoms with van der Waals surface area (Å²) in [7, 11) is 0. The number of halogens is 2. The largest absolute Gasteiger partial charge is 0.493 e. The molecule has 100 valence electrons. The van der Waals surface area contributed by atoms with Gasteiger partial charge in [-0.05, 0) is 36.4 Å². The van der Waals surface area contributed by atoms with Crippen molar-refractivity contribution < 1.29 is 4.74 Å². The minimum absolute atomic E-state index is 0.589. The molecule has 2 N–H and O–H groups in total. The molecule has 0 bridgehead atoms. The number of hydrogen-bond donors (Lipinski definition) is 1. The van der Waals surface area contributed by atoms with Crippen LogP contribution >= 0.6 is 35.0 Å². The fraction of sp³-hybridized carbons (Fsp3) is 0.143. The van der Waals surface area contributed by atoms with Crippen LogP contribution in [0.25, 0.3) is 0 Å². The van der Waals surface area contributed by atoms with Gasteiger partial charge < -0.3 is 10.5 Å². The average Bonchev–Trinajstić information content (AvgIpc) is 2.37. The number of thioether (sulfide) groups is 1. The Morgan fingerprint density at radius 1 is 1.11 bits per heavy atom. The minimum atomic E-state index is 0.589. The van der Waals surface area contributed by atoms with E-state index in [1.165, 1.54) is 0 Å². The van der Waals surface area contributed by atoms with Gasteiger partial charge in [0.15, 0.2) is 0 Å². The predicted molar refractivity (Wildman–Crippen MR) is 83.5 cm³/mol. The zero-order valence-corrected chi connectivity index (χ0v) is 12.4. The van der Waals surface area contributed by atoms with E-state index in [1.807, 2.05) is 30.3 Å². The van der Waals surface area contributed by atoms with Crippen LogP contribution < -0.4 is 10.5 Å². The molecule has 0 aliphatic heterocycles. The number of hydrogen-bond acceptors (Lipinski definition) is 3. The maximum atomic E-state index is 6.09. The van der Waals surface area contributed by atoms with Gasteiger partial charge in [-0.2, -0.15) is 0 Å². The van der Waals surface area contributed by atoms with E-state index >= 15 is 0 Å². The predicted octanol–water partition coefficient (Wildman–Crippen LogP) is 4.75. The van der Waals surface area contributed by atoms with E-state index in [1.54, 1.807) is 23.9 Å². The quantitative estimate of drug-likeness (QED) is 0.491. The Balaban J connectivity index is 1.81. The molecule has 0 heterocycles. The summed E-state index contributed by atoms with van der Waals surface area (Å²) in [5.41, 5.74) is 6.31. The van der Waals surface area contributed by atoms with Gasteiger partial charge in [0.05, 0.1) is 11.6 Å². The van der Waals surface area contributed by atoms with Gasteiger partial charge in [-0.3, -0.25) is 0 Å². The van der Waals surface area contributed by atoms with E-state index < -0.39 is 0 Å². The van der Waals surface area contributed by atoms with Crippen LogP contribution in [0.15, 0.2) is 47.4 Å². The van der Waals surface area contributed by atoms with Crippen molar-refractivity contribution in [3.8, 4) is 5.75 Å². The molecule has 5 heteroatoms. The molecule has 2 aromatic rings. The molecule has 2 nitrogen and oxygen atoms in total. The second-order valence-corrected chi connectivity index (χ2v) is 5.82. The van der Waals surface area contributed by atoms with Gasteiger partial charge in [-0.15, -0.1) is 11.8 Å². The number of benzene rings is 2. The fourth-order valence-electron chi connectivity index (χ4n) is 1.50. The molecule has 0 saturated carbocycles. The molecule has 19 heavy (non-hydrogen) atoms. The Labute approximate surface area is 126 Å². The van der Waals surface area contributed by atoms with Gasteiger partial charge in [0.1, 0.15) is 5.75 Å². The fourth-order valence-corrected chi connectivity index (χ4v) is 2.78. The number of ether oxygens (including phenoxy) is 1. The molecule has 0 radical (unpaired) electrons. The highest BCUT2D eigenvalue weighted by Gasteiger charge is 2.02. The summed E-state index contributed by atoms with van der Waals surface area (Å²) in [4.78, 5) is 1.01. The van der Waals surface area contributed by atoms with Crippen LogP contribution in [0.5, 0.6) is 5.75 Å². The first-order chi connectivity index (χ1) is 9.15. The molecular weight excluding hydrogens is 301 g/mol. The second-order valence-electron chi connectivity index (χ2n) is 3.84. The summed E-state index contributed by atoms with van der Waals surface area (Å²) < 4.78 is 5.60. The number of nitrogens with two attached hydrogens (primary N) is 1. The average molecular weight is 314 g/mol.